The molecule has 0 aliphatic rings. The average Bonchev–Trinajstić information content (AvgIpc) is 2.26. The highest BCUT2D eigenvalue weighted by Gasteiger charge is 2.25. The minimum Gasteiger partial charge on any atom is -0.298 e. The van der Waals surface area contributed by atoms with E-state index >= 15 is 0 Å². The van der Waals surface area contributed by atoms with Crippen molar-refractivity contribution in [1.82, 2.24) is 0 Å². The Morgan fingerprint density at radius 1 is 1.56 bits per heavy atom. The lowest BCUT2D eigenvalue weighted by molar-refractivity contribution is -0.385. The Bertz CT molecular complexity index is 533. The molecule has 0 aromatic heterocycles. The molecule has 1 rings (SSSR count). The van der Waals surface area contributed by atoms with Gasteiger partial charge in [-0.25, -0.2) is 0 Å². The maximum atomic E-state index is 10.9. The first kappa shape index (κ1) is 11.8. The lowest BCUT2D eigenvalue weighted by Crippen LogP contribution is -2.04. The first-order valence-electron chi connectivity index (χ1n) is 3.89. The van der Waals surface area contributed by atoms with Crippen molar-refractivity contribution in [2.24, 2.45) is 0 Å². The third kappa shape index (κ3) is 1.89. The molecule has 0 aliphatic carbocycles. The molecule has 6 nitrogen and oxygen atoms in total. The van der Waals surface area contributed by atoms with Gasteiger partial charge in [-0.05, 0) is 23.7 Å². The third-order valence-corrected chi connectivity index (χ3v) is 2.05. The highest BCUT2D eigenvalue weighted by atomic mass is 35.5. The highest BCUT2D eigenvalue weighted by molar-refractivity contribution is 6.68. The summed E-state index contributed by atoms with van der Waals surface area (Å²) in [6.07, 6.45) is 0.153. The molecule has 0 radical (unpaired) electrons. The van der Waals surface area contributed by atoms with Crippen LogP contribution in [0.5, 0.6) is 0 Å². The number of nitrogens with zero attached hydrogens (tertiary/aromatic N) is 2. The van der Waals surface area contributed by atoms with Crippen molar-refractivity contribution in [2.75, 3.05) is 0 Å². The molecule has 1 aromatic rings. The molecule has 0 unspecified atom stereocenters. The summed E-state index contributed by atoms with van der Waals surface area (Å²) in [5.74, 6) is 0. The maximum Gasteiger partial charge on any atom is 0.293 e. The molecule has 80 valence electrons. The summed E-state index contributed by atoms with van der Waals surface area (Å²) in [6.45, 7) is 0. The van der Waals surface area contributed by atoms with Crippen molar-refractivity contribution < 1.29 is 14.5 Å². The molecule has 0 spiro atoms. The Labute approximate surface area is 94.2 Å². The number of benzene rings is 1. The van der Waals surface area contributed by atoms with Gasteiger partial charge in [-0.15, -0.1) is 0 Å². The molecule has 0 saturated carbocycles. The molecule has 0 heterocycles. The predicted molar refractivity (Wildman–Crippen MR) is 53.4 cm³/mol. The number of nitro benzene ring substituents is 1. The molecule has 0 aliphatic heterocycles. The zero-order valence-electron chi connectivity index (χ0n) is 7.64. The van der Waals surface area contributed by atoms with Gasteiger partial charge >= 0.3 is 0 Å². The standard InChI is InChI=1S/C9H3ClN2O4/c10-9(14)6-2-1-5(3-11)7(4-13)8(6)12(15)16/h1-2,4H. The van der Waals surface area contributed by atoms with Crippen LogP contribution in [0.4, 0.5) is 5.69 Å². The first-order chi connectivity index (χ1) is 7.52. The van der Waals surface area contributed by atoms with Gasteiger partial charge in [0.05, 0.1) is 10.5 Å². The van der Waals surface area contributed by atoms with Gasteiger partial charge in [0.2, 0.25) is 0 Å². The number of nitriles is 1. The molecule has 0 saturated heterocycles. The minimum atomic E-state index is -1.06. The van der Waals surface area contributed by atoms with E-state index in [1.165, 1.54) is 0 Å². The van der Waals surface area contributed by atoms with E-state index in [0.717, 1.165) is 12.1 Å². The Kier molecular flexibility index (Phi) is 3.33. The van der Waals surface area contributed by atoms with Crippen molar-refractivity contribution in [3.05, 3.63) is 38.9 Å². The highest BCUT2D eigenvalue weighted by Crippen LogP contribution is 2.26. The Balaban J connectivity index is 3.72. The lowest BCUT2D eigenvalue weighted by Gasteiger charge is -2.01. The van der Waals surface area contributed by atoms with E-state index in [4.69, 9.17) is 16.9 Å². The van der Waals surface area contributed by atoms with Crippen LogP contribution in [-0.4, -0.2) is 16.5 Å². The summed E-state index contributed by atoms with van der Waals surface area (Å²) in [4.78, 5) is 31.4. The second-order valence-corrected chi connectivity index (χ2v) is 3.03. The van der Waals surface area contributed by atoms with Crippen LogP contribution < -0.4 is 0 Å². The normalized spacial score (nSPS) is 9.25. The smallest absolute Gasteiger partial charge is 0.293 e. The Morgan fingerprint density at radius 2 is 2.19 bits per heavy atom. The van der Waals surface area contributed by atoms with Crippen LogP contribution in [0.2, 0.25) is 0 Å². The summed E-state index contributed by atoms with van der Waals surface area (Å²) < 4.78 is 0. The van der Waals surface area contributed by atoms with E-state index in [1.54, 1.807) is 6.07 Å². The number of rotatable bonds is 3. The van der Waals surface area contributed by atoms with Crippen LogP contribution in [0.1, 0.15) is 26.3 Å². The topological polar surface area (TPSA) is 101 Å². The van der Waals surface area contributed by atoms with Gasteiger partial charge in [0, 0.05) is 0 Å². The molecule has 16 heavy (non-hydrogen) atoms. The summed E-state index contributed by atoms with van der Waals surface area (Å²) in [5.41, 5.74) is -1.77. The molecule has 1 aromatic carbocycles. The third-order valence-electron chi connectivity index (χ3n) is 1.85. The van der Waals surface area contributed by atoms with Crippen molar-refractivity contribution in [3.63, 3.8) is 0 Å². The second-order valence-electron chi connectivity index (χ2n) is 2.68. The van der Waals surface area contributed by atoms with Crippen molar-refractivity contribution in [1.29, 1.82) is 5.26 Å². The van der Waals surface area contributed by atoms with Crippen LogP contribution in [0.15, 0.2) is 12.1 Å². The van der Waals surface area contributed by atoms with Crippen molar-refractivity contribution >= 4 is 28.8 Å². The fraction of sp³-hybridized carbons (Fsp3) is 0. The SMILES string of the molecule is N#Cc1ccc(C(=O)Cl)c([N+](=O)[O-])c1C=O. The van der Waals surface area contributed by atoms with Gasteiger partial charge in [-0.2, -0.15) is 5.26 Å². The molecule has 0 atom stereocenters. The summed E-state index contributed by atoms with van der Waals surface area (Å²) in [6, 6.07) is 3.79. The Morgan fingerprint density at radius 3 is 2.56 bits per heavy atom. The summed E-state index contributed by atoms with van der Waals surface area (Å²) >= 11 is 5.13. The zero-order valence-corrected chi connectivity index (χ0v) is 8.39. The first-order valence-corrected chi connectivity index (χ1v) is 4.27. The quantitative estimate of drug-likeness (QED) is 0.345. The van der Waals surface area contributed by atoms with Gasteiger partial charge < -0.3 is 0 Å². The van der Waals surface area contributed by atoms with Crippen LogP contribution >= 0.6 is 11.6 Å². The number of aldehydes is 1. The van der Waals surface area contributed by atoms with E-state index in [1.807, 2.05) is 0 Å². The van der Waals surface area contributed by atoms with E-state index in [2.05, 4.69) is 0 Å². The summed E-state index contributed by atoms with van der Waals surface area (Å²) in [7, 11) is 0. The number of nitro groups is 1. The van der Waals surface area contributed by atoms with Gasteiger partial charge in [-0.1, -0.05) is 0 Å². The number of halogens is 1. The van der Waals surface area contributed by atoms with Crippen LogP contribution in [-0.2, 0) is 0 Å². The number of hydrogen-bond acceptors (Lipinski definition) is 5. The van der Waals surface area contributed by atoms with Crippen LogP contribution in [0, 0.1) is 21.4 Å². The summed E-state index contributed by atoms with van der Waals surface area (Å²) in [5, 5.41) is 18.3. The minimum absolute atomic E-state index is 0.153. The van der Waals surface area contributed by atoms with Crippen molar-refractivity contribution in [3.8, 4) is 6.07 Å². The molecule has 0 amide bonds. The van der Waals surface area contributed by atoms with Crippen molar-refractivity contribution in [2.45, 2.75) is 0 Å². The van der Waals surface area contributed by atoms with Gasteiger partial charge in [-0.3, -0.25) is 19.7 Å². The maximum absolute atomic E-state index is 10.9. The number of carbonyl (C=O) groups is 2. The molecule has 0 bridgehead atoms. The molecular weight excluding hydrogens is 236 g/mol. The van der Waals surface area contributed by atoms with Gasteiger partial charge in [0.15, 0.2) is 6.29 Å². The van der Waals surface area contributed by atoms with Gasteiger partial charge in [0.1, 0.15) is 17.2 Å². The molecule has 0 fully saturated rings. The number of carbonyl (C=O) groups excluding carboxylic acids is 2. The fourth-order valence-corrected chi connectivity index (χ4v) is 1.33. The van der Waals surface area contributed by atoms with E-state index in [9.17, 15) is 19.7 Å². The molecule has 7 heteroatoms. The Hall–Kier alpha value is -2.26. The van der Waals surface area contributed by atoms with Gasteiger partial charge in [0.25, 0.3) is 10.9 Å². The zero-order chi connectivity index (χ0) is 12.3. The molecule has 0 N–H and O–H groups in total. The monoisotopic (exact) mass is 238 g/mol. The van der Waals surface area contributed by atoms with Crippen LogP contribution in [0.25, 0.3) is 0 Å². The largest absolute Gasteiger partial charge is 0.298 e. The second kappa shape index (κ2) is 4.51. The van der Waals surface area contributed by atoms with Crippen LogP contribution in [0.3, 0.4) is 0 Å². The van der Waals surface area contributed by atoms with E-state index < -0.39 is 27.0 Å². The lowest BCUT2D eigenvalue weighted by atomic mass is 10.0. The average molecular weight is 239 g/mol. The van der Waals surface area contributed by atoms with E-state index in [-0.39, 0.29) is 11.8 Å². The molecular formula is C9H3ClN2O4. The number of hydrogen-bond donors (Lipinski definition) is 0. The van der Waals surface area contributed by atoms with E-state index in [0.29, 0.717) is 0 Å². The predicted octanol–water partition coefficient (Wildman–Crippen LogP) is 1.66. The fourth-order valence-electron chi connectivity index (χ4n) is 1.18.